The first-order chi connectivity index (χ1) is 11.7. The third kappa shape index (κ3) is 4.11. The molecule has 24 heavy (non-hydrogen) atoms. The Morgan fingerprint density at radius 1 is 1.17 bits per heavy atom. The van der Waals surface area contributed by atoms with Crippen LogP contribution in [0.5, 0.6) is 0 Å². The summed E-state index contributed by atoms with van der Waals surface area (Å²) in [6.07, 6.45) is 4.93. The number of hydrogen-bond acceptors (Lipinski definition) is 4. The minimum atomic E-state index is -0.101. The maximum absolute atomic E-state index is 12.2. The largest absolute Gasteiger partial charge is 0.384 e. The normalized spacial score (nSPS) is 16.0. The lowest BCUT2D eigenvalue weighted by Crippen LogP contribution is -2.31. The van der Waals surface area contributed by atoms with E-state index in [1.807, 2.05) is 6.07 Å². The van der Waals surface area contributed by atoms with E-state index in [-0.39, 0.29) is 5.91 Å². The first-order valence-corrected chi connectivity index (χ1v) is 8.53. The van der Waals surface area contributed by atoms with Gasteiger partial charge in [0.1, 0.15) is 5.82 Å². The molecule has 5 nitrogen and oxygen atoms in total. The average Bonchev–Trinajstić information content (AvgIpc) is 3.14. The van der Waals surface area contributed by atoms with Crippen molar-refractivity contribution in [2.75, 3.05) is 25.4 Å². The molecule has 3 rings (SSSR count). The predicted octanol–water partition coefficient (Wildman–Crippen LogP) is 2.62. The highest BCUT2D eigenvalue weighted by atomic mass is 16.1. The third-order valence-electron chi connectivity index (χ3n) is 4.52. The molecule has 2 heterocycles. The van der Waals surface area contributed by atoms with Crippen LogP contribution in [-0.4, -0.2) is 35.4 Å². The van der Waals surface area contributed by atoms with Crippen molar-refractivity contribution >= 4 is 11.7 Å². The van der Waals surface area contributed by atoms with Gasteiger partial charge in [-0.15, -0.1) is 0 Å². The summed E-state index contributed by atoms with van der Waals surface area (Å²) >= 11 is 0. The summed E-state index contributed by atoms with van der Waals surface area (Å²) < 4.78 is 0. The van der Waals surface area contributed by atoms with Crippen LogP contribution in [-0.2, 0) is 0 Å². The summed E-state index contributed by atoms with van der Waals surface area (Å²) in [4.78, 5) is 18.7. The Morgan fingerprint density at radius 3 is 2.58 bits per heavy atom. The van der Waals surface area contributed by atoms with E-state index in [9.17, 15) is 4.79 Å². The van der Waals surface area contributed by atoms with Gasteiger partial charge < -0.3 is 11.1 Å². The van der Waals surface area contributed by atoms with E-state index in [0.29, 0.717) is 24.0 Å². The summed E-state index contributed by atoms with van der Waals surface area (Å²) in [6, 6.07) is 14.3. The second-order valence-corrected chi connectivity index (χ2v) is 6.19. The SMILES string of the molecule is Nc1ccc(C(=O)NCCC(c2ccccc2)N2CCCC2)cn1. The van der Waals surface area contributed by atoms with E-state index in [0.717, 1.165) is 19.5 Å². The van der Waals surface area contributed by atoms with Crippen LogP contribution in [0.15, 0.2) is 48.7 Å². The minimum Gasteiger partial charge on any atom is -0.384 e. The molecule has 1 atom stereocenters. The molecule has 0 aliphatic carbocycles. The standard InChI is InChI=1S/C19H24N4O/c20-18-9-8-16(14-22-18)19(24)21-11-10-17(23-12-4-5-13-23)15-6-2-1-3-7-15/h1-3,6-9,14,17H,4-5,10-13H2,(H2,20,22)(H,21,24). The van der Waals surface area contributed by atoms with Crippen LogP contribution in [0.4, 0.5) is 5.82 Å². The second kappa shape index (κ2) is 7.93. The topological polar surface area (TPSA) is 71.2 Å². The number of carbonyl (C=O) groups is 1. The van der Waals surface area contributed by atoms with E-state index in [2.05, 4.69) is 39.5 Å². The second-order valence-electron chi connectivity index (χ2n) is 6.19. The molecule has 1 amide bonds. The number of benzene rings is 1. The monoisotopic (exact) mass is 324 g/mol. The van der Waals surface area contributed by atoms with Crippen molar-refractivity contribution in [3.05, 3.63) is 59.8 Å². The number of carbonyl (C=O) groups excluding carboxylic acids is 1. The van der Waals surface area contributed by atoms with Crippen molar-refractivity contribution in [3.8, 4) is 0 Å². The molecule has 3 N–H and O–H groups in total. The molecule has 1 aliphatic heterocycles. The highest BCUT2D eigenvalue weighted by Gasteiger charge is 2.23. The number of pyridine rings is 1. The summed E-state index contributed by atoms with van der Waals surface area (Å²) in [7, 11) is 0. The molecule has 126 valence electrons. The molecule has 2 aromatic rings. The van der Waals surface area contributed by atoms with Gasteiger partial charge in [-0.2, -0.15) is 0 Å². The average molecular weight is 324 g/mol. The van der Waals surface area contributed by atoms with Crippen LogP contribution >= 0.6 is 0 Å². The molecule has 0 radical (unpaired) electrons. The Labute approximate surface area is 142 Å². The number of nitrogens with zero attached hydrogens (tertiary/aromatic N) is 2. The van der Waals surface area contributed by atoms with Crippen LogP contribution in [0.2, 0.25) is 0 Å². The van der Waals surface area contributed by atoms with Gasteiger partial charge in [-0.1, -0.05) is 30.3 Å². The molecule has 0 spiro atoms. The molecule has 0 bridgehead atoms. The number of nitrogens with one attached hydrogen (secondary N) is 1. The molecular formula is C19H24N4O. The fourth-order valence-corrected chi connectivity index (χ4v) is 3.25. The zero-order valence-electron chi connectivity index (χ0n) is 13.8. The van der Waals surface area contributed by atoms with Crippen LogP contribution in [0.1, 0.15) is 41.2 Å². The van der Waals surface area contributed by atoms with Crippen LogP contribution in [0.3, 0.4) is 0 Å². The van der Waals surface area contributed by atoms with Gasteiger partial charge in [0.2, 0.25) is 0 Å². The summed E-state index contributed by atoms with van der Waals surface area (Å²) in [5.74, 6) is 0.320. The molecule has 1 fully saturated rings. The van der Waals surface area contributed by atoms with Crippen LogP contribution in [0, 0.1) is 0 Å². The van der Waals surface area contributed by atoms with Gasteiger partial charge in [0.15, 0.2) is 0 Å². The van der Waals surface area contributed by atoms with Gasteiger partial charge in [-0.05, 0) is 50.0 Å². The van der Waals surface area contributed by atoms with E-state index < -0.39 is 0 Å². The number of aromatic nitrogens is 1. The molecule has 1 saturated heterocycles. The molecule has 1 aromatic carbocycles. The zero-order valence-corrected chi connectivity index (χ0v) is 13.8. The van der Waals surface area contributed by atoms with Gasteiger partial charge in [-0.3, -0.25) is 9.69 Å². The van der Waals surface area contributed by atoms with Crippen molar-refractivity contribution in [2.45, 2.75) is 25.3 Å². The van der Waals surface area contributed by atoms with Crippen molar-refractivity contribution < 1.29 is 4.79 Å². The van der Waals surface area contributed by atoms with Crippen LogP contribution < -0.4 is 11.1 Å². The smallest absolute Gasteiger partial charge is 0.252 e. The lowest BCUT2D eigenvalue weighted by Gasteiger charge is -2.28. The third-order valence-corrected chi connectivity index (χ3v) is 4.52. The zero-order chi connectivity index (χ0) is 16.8. The van der Waals surface area contributed by atoms with Crippen molar-refractivity contribution in [3.63, 3.8) is 0 Å². The number of amides is 1. The molecule has 0 saturated carbocycles. The minimum absolute atomic E-state index is 0.101. The van der Waals surface area contributed by atoms with Crippen molar-refractivity contribution in [1.29, 1.82) is 0 Å². The van der Waals surface area contributed by atoms with Gasteiger partial charge in [-0.25, -0.2) is 4.98 Å². The Morgan fingerprint density at radius 2 is 1.92 bits per heavy atom. The van der Waals surface area contributed by atoms with E-state index >= 15 is 0 Å². The Kier molecular flexibility index (Phi) is 5.43. The summed E-state index contributed by atoms with van der Waals surface area (Å²) in [5, 5.41) is 3.00. The Balaban J connectivity index is 1.59. The first-order valence-electron chi connectivity index (χ1n) is 8.53. The first kappa shape index (κ1) is 16.5. The molecule has 1 unspecified atom stereocenters. The lowest BCUT2D eigenvalue weighted by atomic mass is 10.0. The number of hydrogen-bond donors (Lipinski definition) is 2. The lowest BCUT2D eigenvalue weighted by molar-refractivity contribution is 0.0948. The number of rotatable bonds is 6. The number of nitrogens with two attached hydrogens (primary N) is 1. The fraction of sp³-hybridized carbons (Fsp3) is 0.368. The van der Waals surface area contributed by atoms with Crippen molar-refractivity contribution in [1.82, 2.24) is 15.2 Å². The quantitative estimate of drug-likeness (QED) is 0.857. The molecular weight excluding hydrogens is 300 g/mol. The Hall–Kier alpha value is -2.40. The van der Waals surface area contributed by atoms with Gasteiger partial charge in [0.05, 0.1) is 5.56 Å². The fourth-order valence-electron chi connectivity index (χ4n) is 3.25. The van der Waals surface area contributed by atoms with Crippen LogP contribution in [0.25, 0.3) is 0 Å². The Bertz CT molecular complexity index is 651. The summed E-state index contributed by atoms with van der Waals surface area (Å²) in [5.41, 5.74) is 7.42. The van der Waals surface area contributed by atoms with Gasteiger partial charge >= 0.3 is 0 Å². The van der Waals surface area contributed by atoms with E-state index in [1.54, 1.807) is 12.1 Å². The number of anilines is 1. The molecule has 1 aromatic heterocycles. The molecule has 1 aliphatic rings. The van der Waals surface area contributed by atoms with E-state index in [4.69, 9.17) is 5.73 Å². The van der Waals surface area contributed by atoms with Crippen molar-refractivity contribution in [2.24, 2.45) is 0 Å². The van der Waals surface area contributed by atoms with Gasteiger partial charge in [0.25, 0.3) is 5.91 Å². The maximum Gasteiger partial charge on any atom is 0.252 e. The van der Waals surface area contributed by atoms with Gasteiger partial charge in [0, 0.05) is 18.8 Å². The number of likely N-dealkylation sites (tertiary alicyclic amines) is 1. The summed E-state index contributed by atoms with van der Waals surface area (Å²) in [6.45, 7) is 2.91. The molecule has 5 heteroatoms. The number of nitrogen functional groups attached to an aromatic ring is 1. The predicted molar refractivity (Wildman–Crippen MR) is 95.6 cm³/mol. The maximum atomic E-state index is 12.2. The highest BCUT2D eigenvalue weighted by molar-refractivity contribution is 5.93. The van der Waals surface area contributed by atoms with E-state index in [1.165, 1.54) is 24.6 Å². The highest BCUT2D eigenvalue weighted by Crippen LogP contribution is 2.27.